The van der Waals surface area contributed by atoms with Gasteiger partial charge in [-0.15, -0.1) is 6.58 Å². The summed E-state index contributed by atoms with van der Waals surface area (Å²) in [4.78, 5) is 3.45. The van der Waals surface area contributed by atoms with Gasteiger partial charge in [-0.1, -0.05) is 42.5 Å². The van der Waals surface area contributed by atoms with Gasteiger partial charge in [0, 0.05) is 37.3 Å². The number of hydrogen-bond donors (Lipinski definition) is 2. The van der Waals surface area contributed by atoms with Crippen LogP contribution in [0, 0.1) is 0 Å². The van der Waals surface area contributed by atoms with Crippen LogP contribution < -0.4 is 14.5 Å². The van der Waals surface area contributed by atoms with Crippen molar-refractivity contribution >= 4 is 15.7 Å². The first-order valence-corrected chi connectivity index (χ1v) is 11.3. The fraction of sp³-hybridized carbons (Fsp3) is 0.364. The third-order valence-corrected chi connectivity index (χ3v) is 6.68. The van der Waals surface area contributed by atoms with Gasteiger partial charge < -0.3 is 9.80 Å². The molecule has 0 fully saturated rings. The average molecular weight is 401 g/mol. The quantitative estimate of drug-likeness (QED) is 0.661. The van der Waals surface area contributed by atoms with Crippen molar-refractivity contribution in [2.24, 2.45) is 0 Å². The van der Waals surface area contributed by atoms with Crippen molar-refractivity contribution in [3.63, 3.8) is 0 Å². The fourth-order valence-corrected chi connectivity index (χ4v) is 4.68. The molecule has 3 rings (SSSR count). The van der Waals surface area contributed by atoms with Crippen LogP contribution in [0.2, 0.25) is 0 Å². The Morgan fingerprint density at radius 2 is 1.82 bits per heavy atom. The second kappa shape index (κ2) is 8.90. The first kappa shape index (κ1) is 20.6. The van der Waals surface area contributed by atoms with Gasteiger partial charge in [0.2, 0.25) is 10.0 Å². The largest absolute Gasteiger partial charge is 0.378 e. The molecule has 2 aromatic rings. The van der Waals surface area contributed by atoms with Gasteiger partial charge in [-0.2, -0.15) is 0 Å². The van der Waals surface area contributed by atoms with Crippen molar-refractivity contribution in [1.29, 1.82) is 0 Å². The molecule has 28 heavy (non-hydrogen) atoms. The molecule has 2 N–H and O–H groups in total. The number of rotatable bonds is 8. The predicted octanol–water partition coefficient (Wildman–Crippen LogP) is 1.54. The number of hydrogen-bond acceptors (Lipinski definition) is 3. The maximum atomic E-state index is 12.2. The minimum Gasteiger partial charge on any atom is -0.378 e. The Bertz CT molecular complexity index is 908. The number of fused-ring (bicyclic) bond motifs is 1. The lowest BCUT2D eigenvalue weighted by Crippen LogP contribution is -3.12. The molecule has 0 saturated carbocycles. The zero-order valence-electron chi connectivity index (χ0n) is 16.7. The van der Waals surface area contributed by atoms with E-state index in [2.05, 4.69) is 64.7 Å². The van der Waals surface area contributed by atoms with Gasteiger partial charge in [0.25, 0.3) is 0 Å². The third kappa shape index (κ3) is 5.01. The molecule has 2 atom stereocenters. The Labute approximate surface area is 168 Å². The highest BCUT2D eigenvalue weighted by Crippen LogP contribution is 2.18. The molecule has 0 spiro atoms. The molecule has 0 radical (unpaired) electrons. The third-order valence-electron chi connectivity index (χ3n) is 5.40. The zero-order valence-corrected chi connectivity index (χ0v) is 17.5. The Morgan fingerprint density at radius 1 is 1.14 bits per heavy atom. The lowest BCUT2D eigenvalue weighted by molar-refractivity contribution is -0.945. The molecular weight excluding hydrogens is 370 g/mol. The van der Waals surface area contributed by atoms with Crippen LogP contribution in [-0.4, -0.2) is 41.4 Å². The normalized spacial score (nSPS) is 17.6. The van der Waals surface area contributed by atoms with Crippen LogP contribution in [0.3, 0.4) is 0 Å². The maximum absolute atomic E-state index is 12.2. The van der Waals surface area contributed by atoms with Crippen LogP contribution in [0.25, 0.3) is 0 Å². The minimum atomic E-state index is -3.35. The Hall–Kier alpha value is -2.15. The van der Waals surface area contributed by atoms with Crippen molar-refractivity contribution in [1.82, 2.24) is 4.72 Å². The molecular formula is C22H30N3O2S+. The second-order valence-electron chi connectivity index (χ2n) is 7.56. The fourth-order valence-electron chi connectivity index (χ4n) is 3.83. The molecule has 0 bridgehead atoms. The summed E-state index contributed by atoms with van der Waals surface area (Å²) in [5, 5.41) is 0. The van der Waals surface area contributed by atoms with Crippen molar-refractivity contribution in [3.8, 4) is 0 Å². The molecule has 150 valence electrons. The summed E-state index contributed by atoms with van der Waals surface area (Å²) >= 11 is 0. The minimum absolute atomic E-state index is 0.0581. The van der Waals surface area contributed by atoms with E-state index < -0.39 is 10.0 Å². The van der Waals surface area contributed by atoms with Crippen LogP contribution >= 0.6 is 0 Å². The number of sulfonamides is 1. The van der Waals surface area contributed by atoms with Crippen molar-refractivity contribution in [3.05, 3.63) is 77.9 Å². The highest BCUT2D eigenvalue weighted by molar-refractivity contribution is 7.89. The van der Waals surface area contributed by atoms with E-state index in [1.165, 1.54) is 22.1 Å². The number of anilines is 1. The van der Waals surface area contributed by atoms with Crippen LogP contribution in [0.5, 0.6) is 0 Å². The average Bonchev–Trinajstić information content (AvgIpc) is 2.68. The number of nitrogens with one attached hydrogen (secondary N) is 2. The van der Waals surface area contributed by atoms with Gasteiger partial charge in [0.05, 0.1) is 18.8 Å². The Kier molecular flexibility index (Phi) is 6.54. The van der Waals surface area contributed by atoms with E-state index in [9.17, 15) is 8.42 Å². The predicted molar refractivity (Wildman–Crippen MR) is 115 cm³/mol. The molecule has 5 nitrogen and oxygen atoms in total. The van der Waals surface area contributed by atoms with Crippen LogP contribution in [0.4, 0.5) is 5.69 Å². The van der Waals surface area contributed by atoms with Crippen LogP contribution in [0.15, 0.2) is 61.2 Å². The van der Waals surface area contributed by atoms with Crippen LogP contribution in [-0.2, 0) is 23.0 Å². The van der Waals surface area contributed by atoms with E-state index in [4.69, 9.17) is 0 Å². The SMILES string of the molecule is C=CCS(=O)(=O)NC[C@@H](c1ccc(N(C)C)cc1)[NH+]1CCc2ccccc2C1. The summed E-state index contributed by atoms with van der Waals surface area (Å²) in [5.41, 5.74) is 5.04. The van der Waals surface area contributed by atoms with Gasteiger partial charge in [0.15, 0.2) is 0 Å². The summed E-state index contributed by atoms with van der Waals surface area (Å²) in [6.07, 6.45) is 2.43. The maximum Gasteiger partial charge on any atom is 0.215 e. The summed E-state index contributed by atoms with van der Waals surface area (Å²) in [6.45, 7) is 5.82. The highest BCUT2D eigenvalue weighted by atomic mass is 32.2. The molecule has 1 aliphatic rings. The van der Waals surface area contributed by atoms with Gasteiger partial charge in [-0.05, 0) is 17.7 Å². The first-order chi connectivity index (χ1) is 13.4. The highest BCUT2D eigenvalue weighted by Gasteiger charge is 2.29. The number of benzene rings is 2. The van der Waals surface area contributed by atoms with E-state index in [-0.39, 0.29) is 11.8 Å². The van der Waals surface area contributed by atoms with E-state index in [1.54, 1.807) is 0 Å². The monoisotopic (exact) mass is 400 g/mol. The van der Waals surface area contributed by atoms with Crippen molar-refractivity contribution < 1.29 is 13.3 Å². The number of quaternary nitrogens is 1. The van der Waals surface area contributed by atoms with E-state index in [1.807, 2.05) is 14.1 Å². The lowest BCUT2D eigenvalue weighted by Gasteiger charge is -2.33. The topological polar surface area (TPSA) is 53.9 Å². The second-order valence-corrected chi connectivity index (χ2v) is 9.41. The van der Waals surface area contributed by atoms with E-state index in [0.29, 0.717) is 6.54 Å². The molecule has 2 aromatic carbocycles. The van der Waals surface area contributed by atoms with Gasteiger partial charge in [0.1, 0.15) is 12.6 Å². The summed E-state index contributed by atoms with van der Waals surface area (Å²) < 4.78 is 27.2. The van der Waals surface area contributed by atoms with Gasteiger partial charge in [-0.25, -0.2) is 13.1 Å². The zero-order chi connectivity index (χ0) is 20.1. The standard InChI is InChI=1S/C22H29N3O2S/c1-4-15-28(26,27)23-16-22(19-9-11-21(12-10-19)24(2)3)25-14-13-18-7-5-6-8-20(18)17-25/h4-12,22-23H,1,13-17H2,2-3H3/p+1/t22-/m0/s1. The summed E-state index contributed by atoms with van der Waals surface area (Å²) in [6, 6.07) is 17.0. The lowest BCUT2D eigenvalue weighted by atomic mass is 9.96. The first-order valence-electron chi connectivity index (χ1n) is 9.66. The molecule has 1 aliphatic heterocycles. The van der Waals surface area contributed by atoms with E-state index in [0.717, 1.165) is 30.8 Å². The molecule has 6 heteroatoms. The Morgan fingerprint density at radius 3 is 2.46 bits per heavy atom. The summed E-state index contributed by atoms with van der Waals surface area (Å²) in [5.74, 6) is -0.0581. The smallest absolute Gasteiger partial charge is 0.215 e. The van der Waals surface area contributed by atoms with Crippen molar-refractivity contribution in [2.45, 2.75) is 19.0 Å². The molecule has 1 unspecified atom stereocenters. The van der Waals surface area contributed by atoms with Gasteiger partial charge in [-0.3, -0.25) is 0 Å². The summed E-state index contributed by atoms with van der Waals surface area (Å²) in [7, 11) is 0.688. The molecule has 1 heterocycles. The Balaban J connectivity index is 1.85. The molecule has 0 saturated heterocycles. The molecule has 0 aromatic heterocycles. The number of nitrogens with zero attached hydrogens (tertiary/aromatic N) is 1. The van der Waals surface area contributed by atoms with E-state index >= 15 is 0 Å². The van der Waals surface area contributed by atoms with Crippen LogP contribution in [0.1, 0.15) is 22.7 Å². The van der Waals surface area contributed by atoms with Gasteiger partial charge >= 0.3 is 0 Å². The molecule has 0 amide bonds. The van der Waals surface area contributed by atoms with Crippen molar-refractivity contribution in [2.75, 3.05) is 37.8 Å². The molecule has 0 aliphatic carbocycles.